The van der Waals surface area contributed by atoms with Crippen molar-refractivity contribution >= 4 is 45.2 Å². The quantitative estimate of drug-likeness (QED) is 0.221. The molecule has 0 unspecified atom stereocenters. The van der Waals surface area contributed by atoms with Gasteiger partial charge in [0.15, 0.2) is 11.5 Å². The molecule has 4 rings (SSSR count). The number of fused-ring (bicyclic) bond motifs is 1. The lowest BCUT2D eigenvalue weighted by atomic mass is 10.0. The molecule has 0 atom stereocenters. The van der Waals surface area contributed by atoms with Crippen molar-refractivity contribution in [3.05, 3.63) is 65.6 Å². The molecule has 0 radical (unpaired) electrons. The van der Waals surface area contributed by atoms with Crippen molar-refractivity contribution in [2.75, 3.05) is 17.7 Å². The topological polar surface area (TPSA) is 125 Å². The Balaban J connectivity index is 1.48. The van der Waals surface area contributed by atoms with Gasteiger partial charge < -0.3 is 20.4 Å². The number of amides is 1. The van der Waals surface area contributed by atoms with Crippen LogP contribution in [-0.4, -0.2) is 38.0 Å². The fraction of sp³-hybridized carbons (Fsp3) is 0.208. The number of rotatable bonds is 8. The number of thiophene rings is 1. The molecule has 0 fully saturated rings. The van der Waals surface area contributed by atoms with Crippen molar-refractivity contribution in [2.24, 2.45) is 0 Å². The van der Waals surface area contributed by atoms with Crippen LogP contribution in [0, 0.1) is 0 Å². The van der Waals surface area contributed by atoms with E-state index in [0.29, 0.717) is 40.5 Å². The maximum absolute atomic E-state index is 13.1. The predicted octanol–water partition coefficient (Wildman–Crippen LogP) is 4.29. The van der Waals surface area contributed by atoms with Crippen LogP contribution in [0.25, 0.3) is 22.3 Å². The average Bonchev–Trinajstić information content (AvgIpc) is 3.42. The molecule has 0 spiro atoms. The van der Waals surface area contributed by atoms with E-state index in [4.69, 9.17) is 10.5 Å². The van der Waals surface area contributed by atoms with Crippen LogP contribution < -0.4 is 11.1 Å². The van der Waals surface area contributed by atoms with Crippen LogP contribution >= 0.6 is 11.3 Å². The standard InChI is InChI=1S/C24H24N6O3S/c1-15(2)11-18(31)29-23-19(17(12-34-23)16-7-4-3-5-8-16)24(32)33-10-6-9-30-14-28-20-21(25)26-13-27-22(20)30/h3-5,7-8,11-14H,6,9-10H2,1-2H3,(H,29,31)(H2,25,26,27). The highest BCUT2D eigenvalue weighted by atomic mass is 32.1. The third-order valence-corrected chi connectivity index (χ3v) is 5.84. The average molecular weight is 477 g/mol. The summed E-state index contributed by atoms with van der Waals surface area (Å²) in [5.74, 6) is -0.456. The molecule has 4 aromatic rings. The molecule has 34 heavy (non-hydrogen) atoms. The van der Waals surface area contributed by atoms with Gasteiger partial charge in [0.1, 0.15) is 22.4 Å². The smallest absolute Gasteiger partial charge is 0.341 e. The van der Waals surface area contributed by atoms with Gasteiger partial charge in [0, 0.05) is 23.6 Å². The van der Waals surface area contributed by atoms with Gasteiger partial charge in [-0.2, -0.15) is 0 Å². The zero-order valence-electron chi connectivity index (χ0n) is 18.8. The summed E-state index contributed by atoms with van der Waals surface area (Å²) >= 11 is 1.29. The van der Waals surface area contributed by atoms with E-state index in [2.05, 4.69) is 20.3 Å². The largest absolute Gasteiger partial charge is 0.462 e. The first kappa shape index (κ1) is 23.1. The Hall–Kier alpha value is -4.05. The van der Waals surface area contributed by atoms with E-state index in [0.717, 1.165) is 16.7 Å². The van der Waals surface area contributed by atoms with Gasteiger partial charge in [0.2, 0.25) is 5.91 Å². The molecule has 0 bridgehead atoms. The Labute approximate surface area is 200 Å². The minimum atomic E-state index is -0.491. The lowest BCUT2D eigenvalue weighted by molar-refractivity contribution is -0.111. The molecule has 3 aromatic heterocycles. The number of aromatic nitrogens is 4. The number of hydrogen-bond acceptors (Lipinski definition) is 8. The maximum atomic E-state index is 13.1. The Kier molecular flexibility index (Phi) is 6.98. The molecule has 0 aliphatic rings. The van der Waals surface area contributed by atoms with Gasteiger partial charge in [0.25, 0.3) is 0 Å². The Bertz CT molecular complexity index is 1360. The molecule has 3 heterocycles. The monoisotopic (exact) mass is 476 g/mol. The van der Waals surface area contributed by atoms with Crippen molar-refractivity contribution in [3.8, 4) is 11.1 Å². The van der Waals surface area contributed by atoms with Crippen LogP contribution in [0.2, 0.25) is 0 Å². The highest BCUT2D eigenvalue weighted by molar-refractivity contribution is 7.15. The van der Waals surface area contributed by atoms with E-state index in [1.165, 1.54) is 23.7 Å². The second-order valence-corrected chi connectivity index (χ2v) is 8.67. The second kappa shape index (κ2) is 10.3. The summed E-state index contributed by atoms with van der Waals surface area (Å²) in [7, 11) is 0. The highest BCUT2D eigenvalue weighted by Crippen LogP contribution is 2.36. The van der Waals surface area contributed by atoms with Crippen molar-refractivity contribution < 1.29 is 14.3 Å². The van der Waals surface area contributed by atoms with Crippen LogP contribution in [0.15, 0.2) is 60.0 Å². The number of carbonyl (C=O) groups is 2. The molecule has 0 saturated heterocycles. The molecule has 3 N–H and O–H groups in total. The second-order valence-electron chi connectivity index (χ2n) is 7.79. The van der Waals surface area contributed by atoms with E-state index < -0.39 is 5.97 Å². The number of aryl methyl sites for hydroxylation is 1. The lowest BCUT2D eigenvalue weighted by Crippen LogP contribution is -2.14. The zero-order chi connectivity index (χ0) is 24.1. The van der Waals surface area contributed by atoms with Gasteiger partial charge in [-0.3, -0.25) is 4.79 Å². The van der Waals surface area contributed by atoms with E-state index in [9.17, 15) is 9.59 Å². The minimum Gasteiger partial charge on any atom is -0.462 e. The highest BCUT2D eigenvalue weighted by Gasteiger charge is 2.22. The molecule has 0 aliphatic heterocycles. The summed E-state index contributed by atoms with van der Waals surface area (Å²) in [5.41, 5.74) is 9.80. The Morgan fingerprint density at radius 1 is 1.18 bits per heavy atom. The van der Waals surface area contributed by atoms with Crippen LogP contribution in [0.3, 0.4) is 0 Å². The van der Waals surface area contributed by atoms with Crippen LogP contribution in [0.1, 0.15) is 30.6 Å². The number of allylic oxidation sites excluding steroid dienone is 1. The molecule has 0 saturated carbocycles. The zero-order valence-corrected chi connectivity index (χ0v) is 19.6. The van der Waals surface area contributed by atoms with Crippen LogP contribution in [0.5, 0.6) is 0 Å². The van der Waals surface area contributed by atoms with Crippen molar-refractivity contribution in [1.29, 1.82) is 0 Å². The number of nitrogens with zero attached hydrogens (tertiary/aromatic N) is 4. The molecular formula is C24H24N6O3S. The van der Waals surface area contributed by atoms with Gasteiger partial charge in [-0.25, -0.2) is 19.7 Å². The third kappa shape index (κ3) is 5.12. The number of imidazole rings is 1. The predicted molar refractivity (Wildman–Crippen MR) is 132 cm³/mol. The van der Waals surface area contributed by atoms with Crippen molar-refractivity contribution in [1.82, 2.24) is 19.5 Å². The van der Waals surface area contributed by atoms with E-state index >= 15 is 0 Å². The van der Waals surface area contributed by atoms with E-state index in [-0.39, 0.29) is 12.5 Å². The summed E-state index contributed by atoms with van der Waals surface area (Å²) in [5, 5.41) is 5.13. The Morgan fingerprint density at radius 3 is 2.74 bits per heavy atom. The molecule has 174 valence electrons. The number of anilines is 2. The Morgan fingerprint density at radius 2 is 1.97 bits per heavy atom. The number of nitrogens with one attached hydrogen (secondary N) is 1. The number of carbonyl (C=O) groups excluding carboxylic acids is 2. The summed E-state index contributed by atoms with van der Waals surface area (Å²) in [6.07, 6.45) is 5.07. The number of esters is 1. The molecule has 1 amide bonds. The summed E-state index contributed by atoms with van der Waals surface area (Å²) in [6.45, 7) is 4.40. The molecule has 1 aromatic carbocycles. The van der Waals surface area contributed by atoms with Gasteiger partial charge in [-0.05, 0) is 25.8 Å². The normalized spacial score (nSPS) is 10.8. The minimum absolute atomic E-state index is 0.185. The first-order valence-electron chi connectivity index (χ1n) is 10.6. The van der Waals surface area contributed by atoms with Gasteiger partial charge in [-0.1, -0.05) is 35.9 Å². The third-order valence-electron chi connectivity index (χ3n) is 4.94. The summed E-state index contributed by atoms with van der Waals surface area (Å²) in [4.78, 5) is 37.8. The number of hydrogen-bond donors (Lipinski definition) is 2. The fourth-order valence-electron chi connectivity index (χ4n) is 3.43. The molecule has 9 nitrogen and oxygen atoms in total. The molecule has 0 aliphatic carbocycles. The van der Waals surface area contributed by atoms with Crippen molar-refractivity contribution in [2.45, 2.75) is 26.8 Å². The number of nitrogen functional groups attached to an aromatic ring is 1. The SMILES string of the molecule is CC(C)=CC(=O)Nc1scc(-c2ccccc2)c1C(=O)OCCCn1cnc2c(N)ncnc21. The fourth-order valence-corrected chi connectivity index (χ4v) is 4.39. The maximum Gasteiger partial charge on any atom is 0.341 e. The van der Waals surface area contributed by atoms with Gasteiger partial charge in [-0.15, -0.1) is 11.3 Å². The molecular weight excluding hydrogens is 452 g/mol. The van der Waals surface area contributed by atoms with Crippen molar-refractivity contribution in [3.63, 3.8) is 0 Å². The van der Waals surface area contributed by atoms with E-state index in [1.807, 2.05) is 54.1 Å². The lowest BCUT2D eigenvalue weighted by Gasteiger charge is -2.10. The van der Waals surface area contributed by atoms with Gasteiger partial charge in [0.05, 0.1) is 12.9 Å². The summed E-state index contributed by atoms with van der Waals surface area (Å²) < 4.78 is 7.44. The van der Waals surface area contributed by atoms with Crippen LogP contribution in [-0.2, 0) is 16.1 Å². The first-order valence-corrected chi connectivity index (χ1v) is 11.5. The van der Waals surface area contributed by atoms with Crippen LogP contribution in [0.4, 0.5) is 10.8 Å². The molecule has 10 heteroatoms. The number of ether oxygens (including phenoxy) is 1. The number of benzene rings is 1. The summed E-state index contributed by atoms with van der Waals surface area (Å²) in [6, 6.07) is 9.53. The van der Waals surface area contributed by atoms with E-state index in [1.54, 1.807) is 6.33 Å². The van der Waals surface area contributed by atoms with Gasteiger partial charge >= 0.3 is 5.97 Å². The first-order chi connectivity index (χ1) is 16.4. The number of nitrogens with two attached hydrogens (primary N) is 1.